The Morgan fingerprint density at radius 2 is 1.87 bits per heavy atom. The van der Waals surface area contributed by atoms with E-state index in [0.29, 0.717) is 17.7 Å². The van der Waals surface area contributed by atoms with Crippen LogP contribution in [0, 0.1) is 0 Å². The molecule has 0 unspecified atom stereocenters. The summed E-state index contributed by atoms with van der Waals surface area (Å²) < 4.78 is 0. The first kappa shape index (κ1) is 9.40. The summed E-state index contributed by atoms with van der Waals surface area (Å²) in [6.45, 7) is 0. The molecular formula is C12H10N2O. The summed E-state index contributed by atoms with van der Waals surface area (Å²) in [5.74, 6) is 0. The maximum absolute atomic E-state index is 10.6. The standard InChI is InChI=1S/C12H10N2O/c13-10-6-11(8-15)14-12(7-10)9-4-2-1-3-5-9/h1-8H,(H2,13,14). The maximum Gasteiger partial charge on any atom is 0.168 e. The fraction of sp³-hybridized carbons (Fsp3) is 0. The number of aromatic nitrogens is 1. The summed E-state index contributed by atoms with van der Waals surface area (Å²) in [6, 6.07) is 12.9. The van der Waals surface area contributed by atoms with Crippen LogP contribution in [0.4, 0.5) is 5.69 Å². The van der Waals surface area contributed by atoms with Crippen molar-refractivity contribution in [2.24, 2.45) is 0 Å². The van der Waals surface area contributed by atoms with Gasteiger partial charge >= 0.3 is 0 Å². The van der Waals surface area contributed by atoms with Crippen LogP contribution >= 0.6 is 0 Å². The molecule has 0 fully saturated rings. The summed E-state index contributed by atoms with van der Waals surface area (Å²) in [5.41, 5.74) is 8.25. The van der Waals surface area contributed by atoms with Gasteiger partial charge in [0.1, 0.15) is 5.69 Å². The second kappa shape index (κ2) is 3.92. The van der Waals surface area contributed by atoms with Crippen molar-refractivity contribution >= 4 is 12.0 Å². The fourth-order valence-corrected chi connectivity index (χ4v) is 1.39. The third-order valence-corrected chi connectivity index (χ3v) is 2.06. The number of hydrogen-bond donors (Lipinski definition) is 1. The lowest BCUT2D eigenvalue weighted by molar-refractivity contribution is 0.111. The van der Waals surface area contributed by atoms with E-state index in [1.807, 2.05) is 30.3 Å². The molecule has 15 heavy (non-hydrogen) atoms. The number of anilines is 1. The van der Waals surface area contributed by atoms with Crippen molar-refractivity contribution in [2.75, 3.05) is 5.73 Å². The average Bonchev–Trinajstić information content (AvgIpc) is 2.29. The molecule has 0 radical (unpaired) electrons. The molecule has 1 aromatic carbocycles. The van der Waals surface area contributed by atoms with Gasteiger partial charge in [-0.2, -0.15) is 0 Å². The van der Waals surface area contributed by atoms with Gasteiger partial charge in [-0.1, -0.05) is 30.3 Å². The van der Waals surface area contributed by atoms with Gasteiger partial charge in [-0.05, 0) is 12.1 Å². The van der Waals surface area contributed by atoms with E-state index in [1.54, 1.807) is 12.1 Å². The minimum Gasteiger partial charge on any atom is -0.399 e. The third kappa shape index (κ3) is 2.02. The van der Waals surface area contributed by atoms with Crippen LogP contribution < -0.4 is 5.73 Å². The largest absolute Gasteiger partial charge is 0.399 e. The number of carbonyl (C=O) groups excluding carboxylic acids is 1. The zero-order valence-electron chi connectivity index (χ0n) is 8.05. The first-order valence-corrected chi connectivity index (χ1v) is 4.58. The minimum atomic E-state index is 0.355. The fourth-order valence-electron chi connectivity index (χ4n) is 1.39. The van der Waals surface area contributed by atoms with Gasteiger partial charge in [-0.25, -0.2) is 4.98 Å². The zero-order valence-corrected chi connectivity index (χ0v) is 8.05. The SMILES string of the molecule is Nc1cc(C=O)nc(-c2ccccc2)c1. The van der Waals surface area contributed by atoms with Crippen LogP contribution in [0.25, 0.3) is 11.3 Å². The Labute approximate surface area is 87.6 Å². The number of aldehydes is 1. The monoisotopic (exact) mass is 198 g/mol. The van der Waals surface area contributed by atoms with E-state index >= 15 is 0 Å². The number of benzene rings is 1. The first-order chi connectivity index (χ1) is 7.29. The minimum absolute atomic E-state index is 0.355. The molecule has 1 aromatic heterocycles. The van der Waals surface area contributed by atoms with Crippen molar-refractivity contribution in [1.82, 2.24) is 4.98 Å². The van der Waals surface area contributed by atoms with Crippen LogP contribution in [-0.2, 0) is 0 Å². The molecule has 0 saturated carbocycles. The lowest BCUT2D eigenvalue weighted by atomic mass is 10.1. The summed E-state index contributed by atoms with van der Waals surface area (Å²) >= 11 is 0. The highest BCUT2D eigenvalue weighted by Crippen LogP contribution is 2.19. The van der Waals surface area contributed by atoms with Crippen LogP contribution in [0.2, 0.25) is 0 Å². The van der Waals surface area contributed by atoms with Crippen LogP contribution in [-0.4, -0.2) is 11.3 Å². The molecule has 0 spiro atoms. The van der Waals surface area contributed by atoms with Crippen molar-refractivity contribution in [1.29, 1.82) is 0 Å². The molecule has 0 saturated heterocycles. The molecule has 0 aliphatic rings. The van der Waals surface area contributed by atoms with Gasteiger partial charge in [0.25, 0.3) is 0 Å². The molecule has 2 rings (SSSR count). The Kier molecular flexibility index (Phi) is 2.46. The Hall–Kier alpha value is -2.16. The van der Waals surface area contributed by atoms with Gasteiger partial charge in [0.15, 0.2) is 6.29 Å². The molecule has 2 aromatic rings. The van der Waals surface area contributed by atoms with Gasteiger partial charge in [0, 0.05) is 11.3 Å². The molecule has 74 valence electrons. The van der Waals surface area contributed by atoms with Gasteiger partial charge in [-0.3, -0.25) is 4.79 Å². The van der Waals surface area contributed by atoms with Crippen LogP contribution in [0.1, 0.15) is 10.5 Å². The van der Waals surface area contributed by atoms with E-state index in [1.165, 1.54) is 0 Å². The molecule has 0 aliphatic carbocycles. The lowest BCUT2D eigenvalue weighted by Crippen LogP contribution is -1.94. The number of nitrogen functional groups attached to an aromatic ring is 1. The van der Waals surface area contributed by atoms with Crippen LogP contribution in [0.3, 0.4) is 0 Å². The summed E-state index contributed by atoms with van der Waals surface area (Å²) in [4.78, 5) is 14.8. The molecule has 0 amide bonds. The molecule has 2 N–H and O–H groups in total. The van der Waals surface area contributed by atoms with Crippen molar-refractivity contribution in [3.05, 3.63) is 48.2 Å². The van der Waals surface area contributed by atoms with E-state index in [9.17, 15) is 4.79 Å². The number of rotatable bonds is 2. The number of pyridine rings is 1. The molecule has 3 nitrogen and oxygen atoms in total. The van der Waals surface area contributed by atoms with Crippen LogP contribution in [0.5, 0.6) is 0 Å². The highest BCUT2D eigenvalue weighted by molar-refractivity contribution is 5.76. The van der Waals surface area contributed by atoms with Gasteiger partial charge in [-0.15, -0.1) is 0 Å². The molecule has 0 aliphatic heterocycles. The second-order valence-electron chi connectivity index (χ2n) is 3.19. The molecule has 1 heterocycles. The van der Waals surface area contributed by atoms with Crippen LogP contribution in [0.15, 0.2) is 42.5 Å². The Morgan fingerprint density at radius 1 is 1.13 bits per heavy atom. The predicted octanol–water partition coefficient (Wildman–Crippen LogP) is 2.14. The Balaban J connectivity index is 2.53. The average molecular weight is 198 g/mol. The maximum atomic E-state index is 10.6. The molecular weight excluding hydrogens is 188 g/mol. The van der Waals surface area contributed by atoms with Gasteiger partial charge in [0.2, 0.25) is 0 Å². The highest BCUT2D eigenvalue weighted by atomic mass is 16.1. The first-order valence-electron chi connectivity index (χ1n) is 4.58. The molecule has 0 atom stereocenters. The Bertz CT molecular complexity index is 480. The van der Waals surface area contributed by atoms with Crippen molar-refractivity contribution in [3.8, 4) is 11.3 Å². The predicted molar refractivity (Wildman–Crippen MR) is 59.5 cm³/mol. The number of nitrogens with two attached hydrogens (primary N) is 1. The number of nitrogens with zero attached hydrogens (tertiary/aromatic N) is 1. The normalized spacial score (nSPS) is 9.87. The van der Waals surface area contributed by atoms with Crippen molar-refractivity contribution < 1.29 is 4.79 Å². The number of carbonyl (C=O) groups is 1. The van der Waals surface area contributed by atoms with Crippen molar-refractivity contribution in [2.45, 2.75) is 0 Å². The molecule has 3 heteroatoms. The Morgan fingerprint density at radius 3 is 2.53 bits per heavy atom. The summed E-state index contributed by atoms with van der Waals surface area (Å²) in [7, 11) is 0. The van der Waals surface area contributed by atoms with Gasteiger partial charge in [0.05, 0.1) is 5.69 Å². The van der Waals surface area contributed by atoms with E-state index in [2.05, 4.69) is 4.98 Å². The van der Waals surface area contributed by atoms with E-state index < -0.39 is 0 Å². The molecule has 0 bridgehead atoms. The van der Waals surface area contributed by atoms with Crippen molar-refractivity contribution in [3.63, 3.8) is 0 Å². The zero-order chi connectivity index (χ0) is 10.7. The topological polar surface area (TPSA) is 56.0 Å². The number of hydrogen-bond acceptors (Lipinski definition) is 3. The van der Waals surface area contributed by atoms with E-state index in [4.69, 9.17) is 5.73 Å². The van der Waals surface area contributed by atoms with E-state index in [0.717, 1.165) is 11.3 Å². The lowest BCUT2D eigenvalue weighted by Gasteiger charge is -2.02. The van der Waals surface area contributed by atoms with E-state index in [-0.39, 0.29) is 0 Å². The second-order valence-corrected chi connectivity index (χ2v) is 3.19. The quantitative estimate of drug-likeness (QED) is 0.752. The smallest absolute Gasteiger partial charge is 0.168 e. The third-order valence-electron chi connectivity index (χ3n) is 2.06. The van der Waals surface area contributed by atoms with Gasteiger partial charge < -0.3 is 5.73 Å². The summed E-state index contributed by atoms with van der Waals surface area (Å²) in [5, 5.41) is 0. The summed E-state index contributed by atoms with van der Waals surface area (Å²) in [6.07, 6.45) is 0.697. The highest BCUT2D eigenvalue weighted by Gasteiger charge is 2.01.